The molecule has 19 heavy (non-hydrogen) atoms. The van der Waals surface area contributed by atoms with Crippen LogP contribution in [-0.4, -0.2) is 33.7 Å². The zero-order chi connectivity index (χ0) is 14.0. The van der Waals surface area contributed by atoms with E-state index in [1.807, 2.05) is 0 Å². The van der Waals surface area contributed by atoms with Crippen molar-refractivity contribution in [1.82, 2.24) is 0 Å². The molecule has 0 N–H and O–H groups in total. The lowest BCUT2D eigenvalue weighted by Gasteiger charge is -2.08. The van der Waals surface area contributed by atoms with Gasteiger partial charge in [-0.3, -0.25) is 0 Å². The smallest absolute Gasteiger partial charge is 0.374 e. The minimum absolute atomic E-state index is 0.111. The molecular weight excluding hydrogens is 364 g/mol. The quantitative estimate of drug-likeness (QED) is 0.595. The van der Waals surface area contributed by atoms with Gasteiger partial charge in [-0.05, 0) is 28.8 Å². The van der Waals surface area contributed by atoms with E-state index >= 15 is 0 Å². The van der Waals surface area contributed by atoms with Crippen LogP contribution in [0.2, 0.25) is 0 Å². The van der Waals surface area contributed by atoms with E-state index < -0.39 is 15.0 Å². The molecular formula is C10H10BrClO6S. The van der Waals surface area contributed by atoms with E-state index in [0.717, 1.165) is 18.9 Å². The minimum atomic E-state index is -3.98. The van der Waals surface area contributed by atoms with Gasteiger partial charge in [0.05, 0.1) is 6.10 Å². The highest BCUT2D eigenvalue weighted by Gasteiger charge is 2.25. The SMILES string of the molecule is O=C(OCC1CCCO1)c1cc(S(=O)(=O)Cl)c(Br)o1. The van der Waals surface area contributed by atoms with Crippen LogP contribution in [0, 0.1) is 0 Å². The summed E-state index contributed by atoms with van der Waals surface area (Å²) in [5.74, 6) is -0.994. The summed E-state index contributed by atoms with van der Waals surface area (Å²) in [5, 5.41) is 0. The predicted octanol–water partition coefficient (Wildman–Crippen LogP) is 2.31. The Labute approximate surface area is 122 Å². The van der Waals surface area contributed by atoms with Crippen molar-refractivity contribution in [2.75, 3.05) is 13.2 Å². The standard InChI is InChI=1S/C10H10BrClO6S/c11-9-8(19(12,14)15)4-7(18-9)10(13)17-5-6-2-1-3-16-6/h4,6H,1-3,5H2. The first kappa shape index (κ1) is 14.8. The Kier molecular flexibility index (Phi) is 4.54. The minimum Gasteiger partial charge on any atom is -0.457 e. The maximum absolute atomic E-state index is 11.7. The number of hydrogen-bond acceptors (Lipinski definition) is 6. The lowest BCUT2D eigenvalue weighted by molar-refractivity contribution is 0.0135. The van der Waals surface area contributed by atoms with Gasteiger partial charge in [0.25, 0.3) is 9.05 Å². The molecule has 0 saturated carbocycles. The zero-order valence-corrected chi connectivity index (χ0v) is 12.8. The van der Waals surface area contributed by atoms with Crippen LogP contribution in [0.1, 0.15) is 23.4 Å². The second kappa shape index (κ2) is 5.82. The van der Waals surface area contributed by atoms with Crippen LogP contribution in [0.3, 0.4) is 0 Å². The third-order valence-electron chi connectivity index (χ3n) is 2.54. The summed E-state index contributed by atoms with van der Waals surface area (Å²) in [5.41, 5.74) is 0. The van der Waals surface area contributed by atoms with Gasteiger partial charge in [0, 0.05) is 23.4 Å². The van der Waals surface area contributed by atoms with Crippen LogP contribution >= 0.6 is 26.6 Å². The summed E-state index contributed by atoms with van der Waals surface area (Å²) >= 11 is 2.88. The van der Waals surface area contributed by atoms with Crippen molar-refractivity contribution in [2.24, 2.45) is 0 Å². The largest absolute Gasteiger partial charge is 0.457 e. The summed E-state index contributed by atoms with van der Waals surface area (Å²) in [4.78, 5) is 11.4. The molecule has 1 aromatic rings. The van der Waals surface area contributed by atoms with Crippen molar-refractivity contribution in [3.63, 3.8) is 0 Å². The lowest BCUT2D eigenvalue weighted by atomic mass is 10.2. The molecule has 0 radical (unpaired) electrons. The van der Waals surface area contributed by atoms with E-state index in [1.54, 1.807) is 0 Å². The van der Waals surface area contributed by atoms with Crippen LogP contribution < -0.4 is 0 Å². The highest BCUT2D eigenvalue weighted by atomic mass is 79.9. The van der Waals surface area contributed by atoms with Gasteiger partial charge in [0.15, 0.2) is 4.67 Å². The van der Waals surface area contributed by atoms with Gasteiger partial charge in [-0.15, -0.1) is 0 Å². The van der Waals surface area contributed by atoms with E-state index in [1.165, 1.54) is 0 Å². The summed E-state index contributed by atoms with van der Waals surface area (Å²) in [6.45, 7) is 0.767. The van der Waals surface area contributed by atoms with E-state index in [9.17, 15) is 13.2 Å². The molecule has 106 valence electrons. The number of esters is 1. The Morgan fingerprint density at radius 3 is 2.84 bits per heavy atom. The Morgan fingerprint density at radius 2 is 2.32 bits per heavy atom. The fourth-order valence-electron chi connectivity index (χ4n) is 1.63. The van der Waals surface area contributed by atoms with Crippen molar-refractivity contribution in [3.05, 3.63) is 16.5 Å². The van der Waals surface area contributed by atoms with Crippen molar-refractivity contribution in [3.8, 4) is 0 Å². The van der Waals surface area contributed by atoms with E-state index in [0.29, 0.717) is 6.61 Å². The molecule has 1 unspecified atom stereocenters. The second-order valence-corrected chi connectivity index (χ2v) is 7.17. The lowest BCUT2D eigenvalue weighted by Crippen LogP contribution is -2.17. The molecule has 2 heterocycles. The molecule has 0 bridgehead atoms. The predicted molar refractivity (Wildman–Crippen MR) is 68.7 cm³/mol. The molecule has 1 aliphatic heterocycles. The monoisotopic (exact) mass is 372 g/mol. The first-order valence-electron chi connectivity index (χ1n) is 5.40. The molecule has 1 aliphatic rings. The van der Waals surface area contributed by atoms with Gasteiger partial charge < -0.3 is 13.9 Å². The van der Waals surface area contributed by atoms with Gasteiger partial charge in [-0.25, -0.2) is 13.2 Å². The van der Waals surface area contributed by atoms with Crippen LogP contribution in [0.4, 0.5) is 0 Å². The number of furan rings is 1. The summed E-state index contributed by atoms with van der Waals surface area (Å²) in [7, 11) is 1.19. The average Bonchev–Trinajstić information content (AvgIpc) is 2.93. The maximum Gasteiger partial charge on any atom is 0.374 e. The van der Waals surface area contributed by atoms with Gasteiger partial charge in [-0.1, -0.05) is 0 Å². The number of rotatable bonds is 4. The van der Waals surface area contributed by atoms with Crippen LogP contribution in [0.25, 0.3) is 0 Å². The Hall–Kier alpha value is -0.570. The van der Waals surface area contributed by atoms with Crippen molar-refractivity contribution in [2.45, 2.75) is 23.8 Å². The number of carbonyl (C=O) groups excluding carboxylic acids is 1. The Morgan fingerprint density at radius 1 is 1.58 bits per heavy atom. The first-order chi connectivity index (χ1) is 8.88. The van der Waals surface area contributed by atoms with Crippen LogP contribution in [-0.2, 0) is 18.5 Å². The van der Waals surface area contributed by atoms with Crippen molar-refractivity contribution >= 4 is 41.6 Å². The Bertz CT molecular complexity index is 575. The van der Waals surface area contributed by atoms with Crippen molar-refractivity contribution < 1.29 is 27.1 Å². The topological polar surface area (TPSA) is 82.8 Å². The van der Waals surface area contributed by atoms with E-state index in [-0.39, 0.29) is 28.0 Å². The van der Waals surface area contributed by atoms with E-state index in [4.69, 9.17) is 24.6 Å². The fraction of sp³-hybridized carbons (Fsp3) is 0.500. The van der Waals surface area contributed by atoms with Gasteiger partial charge in [0.2, 0.25) is 5.76 Å². The summed E-state index contributed by atoms with van der Waals surface area (Å²) in [6.07, 6.45) is 1.65. The Balaban J connectivity index is 2.03. The summed E-state index contributed by atoms with van der Waals surface area (Å²) < 4.78 is 37.4. The molecule has 1 aromatic heterocycles. The average molecular weight is 374 g/mol. The highest BCUT2D eigenvalue weighted by Crippen LogP contribution is 2.29. The van der Waals surface area contributed by atoms with E-state index in [2.05, 4.69) is 15.9 Å². The molecule has 9 heteroatoms. The summed E-state index contributed by atoms with van der Waals surface area (Å²) in [6, 6.07) is 1.02. The third kappa shape index (κ3) is 3.71. The first-order valence-corrected chi connectivity index (χ1v) is 8.51. The second-order valence-electron chi connectivity index (χ2n) is 3.92. The molecule has 0 aromatic carbocycles. The highest BCUT2D eigenvalue weighted by molar-refractivity contribution is 9.10. The third-order valence-corrected chi connectivity index (χ3v) is 4.72. The fourth-order valence-corrected chi connectivity index (χ4v) is 3.67. The zero-order valence-electron chi connectivity index (χ0n) is 9.60. The van der Waals surface area contributed by atoms with Crippen LogP contribution in [0.15, 0.2) is 20.0 Å². The number of halogens is 2. The molecule has 0 aliphatic carbocycles. The maximum atomic E-state index is 11.7. The van der Waals surface area contributed by atoms with Gasteiger partial charge >= 0.3 is 5.97 Å². The molecule has 1 atom stereocenters. The number of carbonyl (C=O) groups is 1. The number of ether oxygens (including phenoxy) is 2. The molecule has 6 nitrogen and oxygen atoms in total. The van der Waals surface area contributed by atoms with Gasteiger partial charge in [0.1, 0.15) is 11.5 Å². The van der Waals surface area contributed by atoms with Crippen molar-refractivity contribution in [1.29, 1.82) is 0 Å². The molecule has 0 spiro atoms. The molecule has 0 amide bonds. The van der Waals surface area contributed by atoms with Gasteiger partial charge in [-0.2, -0.15) is 0 Å². The molecule has 2 rings (SSSR count). The number of hydrogen-bond donors (Lipinski definition) is 0. The molecule has 1 fully saturated rings. The molecule has 1 saturated heterocycles. The normalized spacial score (nSPS) is 19.6. The van der Waals surface area contributed by atoms with Crippen LogP contribution in [0.5, 0.6) is 0 Å².